The monoisotopic (exact) mass is 235 g/mol. The van der Waals surface area contributed by atoms with Crippen LogP contribution >= 0.6 is 11.8 Å². The first-order chi connectivity index (χ1) is 7.70. The molecule has 2 unspecified atom stereocenters. The van der Waals surface area contributed by atoms with E-state index in [0.717, 1.165) is 17.9 Å². The first-order valence-electron chi connectivity index (χ1n) is 5.68. The zero-order chi connectivity index (χ0) is 11.5. The lowest BCUT2D eigenvalue weighted by Crippen LogP contribution is -2.47. The Labute approximate surface area is 101 Å². The highest BCUT2D eigenvalue weighted by atomic mass is 32.2. The largest absolute Gasteiger partial charge is 0.334 e. The molecule has 1 aromatic carbocycles. The van der Waals surface area contributed by atoms with Crippen LogP contribution < -0.4 is 0 Å². The van der Waals surface area contributed by atoms with Crippen LogP contribution in [0.3, 0.4) is 0 Å². The third-order valence-electron chi connectivity index (χ3n) is 3.17. The molecule has 2 atom stereocenters. The van der Waals surface area contributed by atoms with Crippen molar-refractivity contribution in [2.75, 3.05) is 12.3 Å². The Hall–Kier alpha value is -0.960. The molecule has 1 aliphatic heterocycles. The minimum atomic E-state index is 0.167. The predicted molar refractivity (Wildman–Crippen MR) is 68.9 cm³/mol. The summed E-state index contributed by atoms with van der Waals surface area (Å²) in [6, 6.07) is 9.88. The molecule has 2 nitrogen and oxygen atoms in total. The first-order valence-corrected chi connectivity index (χ1v) is 6.72. The van der Waals surface area contributed by atoms with E-state index in [1.165, 1.54) is 0 Å². The second-order valence-electron chi connectivity index (χ2n) is 4.18. The smallest absolute Gasteiger partial charge is 0.254 e. The molecule has 0 aromatic heterocycles. The standard InChI is InChI=1S/C13H17NOS/c1-10-11(2)16-9-8-14(10)13(15)12-6-4-3-5-7-12/h3-7,10-11H,8-9H2,1-2H3. The minimum absolute atomic E-state index is 0.167. The third kappa shape index (κ3) is 2.24. The Kier molecular flexibility index (Phi) is 3.54. The normalized spacial score (nSPS) is 25.5. The fraction of sp³-hybridized carbons (Fsp3) is 0.462. The summed E-state index contributed by atoms with van der Waals surface area (Å²) in [5, 5.41) is 0.529. The predicted octanol–water partition coefficient (Wildman–Crippen LogP) is 2.65. The van der Waals surface area contributed by atoms with Crippen molar-refractivity contribution in [1.82, 2.24) is 4.90 Å². The number of carbonyl (C=O) groups is 1. The van der Waals surface area contributed by atoms with Crippen LogP contribution in [-0.4, -0.2) is 34.4 Å². The van der Waals surface area contributed by atoms with Crippen molar-refractivity contribution in [2.24, 2.45) is 0 Å². The molecule has 0 spiro atoms. The molecule has 0 aliphatic carbocycles. The van der Waals surface area contributed by atoms with Crippen LogP contribution in [0.25, 0.3) is 0 Å². The van der Waals surface area contributed by atoms with Crippen molar-refractivity contribution < 1.29 is 4.79 Å². The van der Waals surface area contributed by atoms with Crippen LogP contribution in [0.15, 0.2) is 30.3 Å². The maximum absolute atomic E-state index is 12.3. The highest BCUT2D eigenvalue weighted by molar-refractivity contribution is 8.00. The number of thioether (sulfide) groups is 1. The molecule has 1 aromatic rings. The number of hydrogen-bond acceptors (Lipinski definition) is 2. The van der Waals surface area contributed by atoms with E-state index in [4.69, 9.17) is 0 Å². The first kappa shape index (κ1) is 11.5. The van der Waals surface area contributed by atoms with Gasteiger partial charge in [-0.2, -0.15) is 11.8 Å². The van der Waals surface area contributed by atoms with Crippen LogP contribution in [0.1, 0.15) is 24.2 Å². The Morgan fingerprint density at radius 1 is 1.31 bits per heavy atom. The van der Waals surface area contributed by atoms with E-state index < -0.39 is 0 Å². The van der Waals surface area contributed by atoms with Crippen molar-refractivity contribution >= 4 is 17.7 Å². The molecule has 1 amide bonds. The molecular weight excluding hydrogens is 218 g/mol. The van der Waals surface area contributed by atoms with Gasteiger partial charge in [-0.3, -0.25) is 4.79 Å². The molecule has 0 N–H and O–H groups in total. The number of carbonyl (C=O) groups excluding carboxylic acids is 1. The van der Waals surface area contributed by atoms with Gasteiger partial charge in [0.15, 0.2) is 0 Å². The van der Waals surface area contributed by atoms with Gasteiger partial charge in [0.1, 0.15) is 0 Å². The Morgan fingerprint density at radius 3 is 2.69 bits per heavy atom. The summed E-state index contributed by atoms with van der Waals surface area (Å²) in [7, 11) is 0. The minimum Gasteiger partial charge on any atom is -0.334 e. The maximum atomic E-state index is 12.3. The van der Waals surface area contributed by atoms with Crippen LogP contribution in [0, 0.1) is 0 Å². The van der Waals surface area contributed by atoms with Gasteiger partial charge < -0.3 is 4.90 Å². The van der Waals surface area contributed by atoms with Gasteiger partial charge in [-0.05, 0) is 19.1 Å². The topological polar surface area (TPSA) is 20.3 Å². The van der Waals surface area contributed by atoms with Gasteiger partial charge in [-0.25, -0.2) is 0 Å². The van der Waals surface area contributed by atoms with E-state index in [0.29, 0.717) is 11.3 Å². The zero-order valence-corrected chi connectivity index (χ0v) is 10.5. The van der Waals surface area contributed by atoms with Crippen molar-refractivity contribution in [3.8, 4) is 0 Å². The van der Waals surface area contributed by atoms with E-state index in [1.54, 1.807) is 0 Å². The third-order valence-corrected chi connectivity index (χ3v) is 4.50. The summed E-state index contributed by atoms with van der Waals surface area (Å²) in [5.41, 5.74) is 0.799. The van der Waals surface area contributed by atoms with Crippen molar-refractivity contribution in [2.45, 2.75) is 25.1 Å². The van der Waals surface area contributed by atoms with Crippen LogP contribution in [0.5, 0.6) is 0 Å². The molecule has 2 rings (SSSR count). The van der Waals surface area contributed by atoms with Gasteiger partial charge in [0.25, 0.3) is 5.91 Å². The van der Waals surface area contributed by atoms with Crippen molar-refractivity contribution in [3.63, 3.8) is 0 Å². The molecular formula is C13H17NOS. The highest BCUT2D eigenvalue weighted by Crippen LogP contribution is 2.25. The molecule has 1 saturated heterocycles. The van der Waals surface area contributed by atoms with E-state index in [9.17, 15) is 4.79 Å². The lowest BCUT2D eigenvalue weighted by atomic mass is 10.1. The zero-order valence-electron chi connectivity index (χ0n) is 9.72. The Bertz CT molecular complexity index is 365. The lowest BCUT2D eigenvalue weighted by molar-refractivity contribution is 0.0698. The molecule has 86 valence electrons. The molecule has 16 heavy (non-hydrogen) atoms. The quantitative estimate of drug-likeness (QED) is 0.746. The molecule has 3 heteroatoms. The Balaban J connectivity index is 2.15. The molecule has 0 radical (unpaired) electrons. The van der Waals surface area contributed by atoms with E-state index in [-0.39, 0.29) is 5.91 Å². The number of benzene rings is 1. The highest BCUT2D eigenvalue weighted by Gasteiger charge is 2.29. The molecule has 0 saturated carbocycles. The fourth-order valence-corrected chi connectivity index (χ4v) is 3.07. The van der Waals surface area contributed by atoms with Crippen molar-refractivity contribution in [1.29, 1.82) is 0 Å². The molecule has 1 fully saturated rings. The SMILES string of the molecule is CC1SCCN(C(=O)c2ccccc2)C1C. The van der Waals surface area contributed by atoms with Gasteiger partial charge in [0.2, 0.25) is 0 Å². The Morgan fingerprint density at radius 2 is 2.00 bits per heavy atom. The summed E-state index contributed by atoms with van der Waals surface area (Å²) >= 11 is 1.95. The summed E-state index contributed by atoms with van der Waals surface area (Å²) in [6.45, 7) is 5.20. The lowest BCUT2D eigenvalue weighted by Gasteiger charge is -2.37. The summed E-state index contributed by atoms with van der Waals surface area (Å²) < 4.78 is 0. The van der Waals surface area contributed by atoms with E-state index in [1.807, 2.05) is 47.0 Å². The summed E-state index contributed by atoms with van der Waals surface area (Å²) in [5.74, 6) is 1.21. The molecule has 1 aliphatic rings. The van der Waals surface area contributed by atoms with Gasteiger partial charge in [0.05, 0.1) is 0 Å². The van der Waals surface area contributed by atoms with Gasteiger partial charge in [-0.1, -0.05) is 25.1 Å². The molecule has 0 bridgehead atoms. The van der Waals surface area contributed by atoms with Crippen LogP contribution in [-0.2, 0) is 0 Å². The number of hydrogen-bond donors (Lipinski definition) is 0. The maximum Gasteiger partial charge on any atom is 0.254 e. The second kappa shape index (κ2) is 4.91. The summed E-state index contributed by atoms with van der Waals surface area (Å²) in [6.07, 6.45) is 0. The van der Waals surface area contributed by atoms with E-state index >= 15 is 0 Å². The number of rotatable bonds is 1. The second-order valence-corrected chi connectivity index (χ2v) is 5.67. The average Bonchev–Trinajstić information content (AvgIpc) is 2.33. The van der Waals surface area contributed by atoms with Crippen LogP contribution in [0.4, 0.5) is 0 Å². The van der Waals surface area contributed by atoms with Gasteiger partial charge in [0, 0.05) is 29.2 Å². The number of nitrogens with zero attached hydrogens (tertiary/aromatic N) is 1. The van der Waals surface area contributed by atoms with Crippen molar-refractivity contribution in [3.05, 3.63) is 35.9 Å². The van der Waals surface area contributed by atoms with E-state index in [2.05, 4.69) is 13.8 Å². The summed E-state index contributed by atoms with van der Waals surface area (Å²) in [4.78, 5) is 14.3. The van der Waals surface area contributed by atoms with Crippen LogP contribution in [0.2, 0.25) is 0 Å². The molecule has 1 heterocycles. The average molecular weight is 235 g/mol. The fourth-order valence-electron chi connectivity index (χ4n) is 1.97. The van der Waals surface area contributed by atoms with Gasteiger partial charge >= 0.3 is 0 Å². The van der Waals surface area contributed by atoms with Gasteiger partial charge in [-0.15, -0.1) is 0 Å². The number of amides is 1.